The lowest BCUT2D eigenvalue weighted by atomic mass is 9.92. The number of carbonyl (C=O) groups excluding carboxylic acids is 1. The summed E-state index contributed by atoms with van der Waals surface area (Å²) in [4.78, 5) is 19.7. The molecule has 3 heterocycles. The van der Waals surface area contributed by atoms with Crippen molar-refractivity contribution in [3.05, 3.63) is 52.5 Å². The summed E-state index contributed by atoms with van der Waals surface area (Å²) in [5.74, 6) is 1.09. The summed E-state index contributed by atoms with van der Waals surface area (Å²) in [6.07, 6.45) is 2.90. The van der Waals surface area contributed by atoms with Crippen LogP contribution in [0.2, 0.25) is 0 Å². The van der Waals surface area contributed by atoms with E-state index in [1.807, 2.05) is 59.0 Å². The van der Waals surface area contributed by atoms with Crippen LogP contribution < -0.4 is 9.47 Å². The van der Waals surface area contributed by atoms with Gasteiger partial charge in [-0.05, 0) is 76.8 Å². The lowest BCUT2D eigenvalue weighted by molar-refractivity contribution is -0.166. The minimum atomic E-state index is -0.853. The number of benzene rings is 1. The highest BCUT2D eigenvalue weighted by atomic mass is 32.1. The first-order chi connectivity index (χ1) is 16.7. The summed E-state index contributed by atoms with van der Waals surface area (Å²) >= 11 is 1.63. The molecule has 1 aromatic carbocycles. The zero-order valence-electron chi connectivity index (χ0n) is 21.3. The van der Waals surface area contributed by atoms with Gasteiger partial charge in [-0.3, -0.25) is 0 Å². The smallest absolute Gasteiger partial charge is 0.340 e. The molecule has 0 saturated carbocycles. The number of ether oxygens (including phenoxy) is 4. The molecule has 0 N–H and O–H groups in total. The molecule has 2 aromatic heterocycles. The van der Waals surface area contributed by atoms with Crippen molar-refractivity contribution in [1.82, 2.24) is 4.98 Å². The van der Waals surface area contributed by atoms with Gasteiger partial charge in [0.15, 0.2) is 6.10 Å². The molecule has 6 nitrogen and oxygen atoms in total. The number of pyridine rings is 1. The van der Waals surface area contributed by atoms with Crippen molar-refractivity contribution in [1.29, 1.82) is 0 Å². The van der Waals surface area contributed by atoms with Crippen LogP contribution >= 0.6 is 11.3 Å². The molecule has 3 aromatic rings. The summed E-state index contributed by atoms with van der Waals surface area (Å²) in [5.41, 5.74) is 4.40. The first-order valence-corrected chi connectivity index (χ1v) is 12.8. The maximum Gasteiger partial charge on any atom is 0.340 e. The Hall–Kier alpha value is -2.90. The number of esters is 1. The third kappa shape index (κ3) is 5.52. The van der Waals surface area contributed by atoms with Gasteiger partial charge in [-0.2, -0.15) is 0 Å². The third-order valence-corrected chi connectivity index (χ3v) is 6.94. The van der Waals surface area contributed by atoms with Gasteiger partial charge < -0.3 is 18.9 Å². The van der Waals surface area contributed by atoms with Crippen molar-refractivity contribution < 1.29 is 23.7 Å². The predicted octanol–water partition coefficient (Wildman–Crippen LogP) is 6.54. The van der Waals surface area contributed by atoms with Gasteiger partial charge in [0.1, 0.15) is 5.75 Å². The molecule has 1 atom stereocenters. The van der Waals surface area contributed by atoms with Crippen LogP contribution in [0.3, 0.4) is 0 Å². The molecule has 4 rings (SSSR count). The molecule has 1 aliphatic rings. The topological polar surface area (TPSA) is 66.9 Å². The summed E-state index contributed by atoms with van der Waals surface area (Å²) in [6.45, 7) is 10.7. The van der Waals surface area contributed by atoms with Crippen molar-refractivity contribution in [3.63, 3.8) is 0 Å². The van der Waals surface area contributed by atoms with Gasteiger partial charge in [-0.25, -0.2) is 9.78 Å². The summed E-state index contributed by atoms with van der Waals surface area (Å²) in [5, 5.41) is 0. The van der Waals surface area contributed by atoms with Crippen LogP contribution in [-0.4, -0.2) is 36.9 Å². The SMILES string of the molecule is CCOC(=O)C(OC(C)(C)C)c1c(C)sc(-c2ccc(OC)nc2)c1-c1ccc2c(c1)CCCO2. The Bertz CT molecular complexity index is 1190. The Morgan fingerprint density at radius 3 is 2.63 bits per heavy atom. The molecule has 0 radical (unpaired) electrons. The van der Waals surface area contributed by atoms with Gasteiger partial charge in [0.2, 0.25) is 5.88 Å². The third-order valence-electron chi connectivity index (χ3n) is 5.77. The highest BCUT2D eigenvalue weighted by Crippen LogP contribution is 2.48. The average Bonchev–Trinajstić information content (AvgIpc) is 3.18. The number of hydrogen-bond donors (Lipinski definition) is 0. The minimum Gasteiger partial charge on any atom is -0.493 e. The highest BCUT2D eigenvalue weighted by Gasteiger charge is 2.35. The van der Waals surface area contributed by atoms with Gasteiger partial charge in [0.25, 0.3) is 0 Å². The van der Waals surface area contributed by atoms with E-state index in [1.54, 1.807) is 18.4 Å². The molecule has 0 amide bonds. The maximum atomic E-state index is 13.2. The lowest BCUT2D eigenvalue weighted by Crippen LogP contribution is -2.29. The summed E-state index contributed by atoms with van der Waals surface area (Å²) in [7, 11) is 1.60. The van der Waals surface area contributed by atoms with Gasteiger partial charge in [0, 0.05) is 38.7 Å². The number of fused-ring (bicyclic) bond motifs is 1. The number of methoxy groups -OCH3 is 1. The fraction of sp³-hybridized carbons (Fsp3) is 0.429. The van der Waals surface area contributed by atoms with Crippen LogP contribution in [0.5, 0.6) is 11.6 Å². The van der Waals surface area contributed by atoms with Crippen LogP contribution in [0, 0.1) is 6.92 Å². The zero-order chi connectivity index (χ0) is 25.2. The molecule has 0 bridgehead atoms. The highest BCUT2D eigenvalue weighted by molar-refractivity contribution is 7.16. The second-order valence-corrected chi connectivity index (χ2v) is 10.7. The first kappa shape index (κ1) is 25.2. The van der Waals surface area contributed by atoms with Crippen molar-refractivity contribution in [2.24, 2.45) is 0 Å². The standard InChI is InChI=1S/C28H33NO5S/c1-7-32-27(30)25(34-28(3,4)5)23-17(2)35-26(20-11-13-22(31-6)29-16-20)24(23)19-10-12-21-18(15-19)9-8-14-33-21/h10-13,15-16,25H,7-9,14H2,1-6H3. The van der Waals surface area contributed by atoms with E-state index in [-0.39, 0.29) is 12.6 Å². The number of thiophene rings is 1. The quantitative estimate of drug-likeness (QED) is 0.347. The average molecular weight is 496 g/mol. The molecular formula is C28H33NO5S. The molecule has 35 heavy (non-hydrogen) atoms. The number of hydrogen-bond acceptors (Lipinski definition) is 7. The van der Waals surface area contributed by atoms with Gasteiger partial charge in [-0.1, -0.05) is 6.07 Å². The van der Waals surface area contributed by atoms with E-state index in [4.69, 9.17) is 18.9 Å². The summed E-state index contributed by atoms with van der Waals surface area (Å²) < 4.78 is 22.9. The number of aryl methyl sites for hydroxylation is 2. The fourth-order valence-corrected chi connectivity index (χ4v) is 5.50. The Morgan fingerprint density at radius 1 is 1.20 bits per heavy atom. The van der Waals surface area contributed by atoms with Gasteiger partial charge in [0.05, 0.1) is 25.9 Å². The molecule has 186 valence electrons. The Morgan fingerprint density at radius 2 is 1.97 bits per heavy atom. The number of rotatable bonds is 7. The van der Waals surface area contributed by atoms with Gasteiger partial charge in [-0.15, -0.1) is 11.3 Å². The molecule has 1 aliphatic heterocycles. The lowest BCUT2D eigenvalue weighted by Gasteiger charge is -2.27. The zero-order valence-corrected chi connectivity index (χ0v) is 22.1. The number of carbonyl (C=O) groups is 1. The number of nitrogens with zero attached hydrogens (tertiary/aromatic N) is 1. The summed E-state index contributed by atoms with van der Waals surface area (Å²) in [6, 6.07) is 10.1. The molecular weight excluding hydrogens is 462 g/mol. The van der Waals surface area contributed by atoms with Crippen LogP contribution in [0.15, 0.2) is 36.5 Å². The van der Waals surface area contributed by atoms with E-state index in [9.17, 15) is 4.79 Å². The molecule has 0 aliphatic carbocycles. The van der Waals surface area contributed by atoms with E-state index >= 15 is 0 Å². The molecule has 1 unspecified atom stereocenters. The van der Waals surface area contributed by atoms with E-state index in [2.05, 4.69) is 17.1 Å². The Balaban J connectivity index is 1.95. The second-order valence-electron chi connectivity index (χ2n) is 9.50. The minimum absolute atomic E-state index is 0.285. The molecule has 0 spiro atoms. The van der Waals surface area contributed by atoms with E-state index in [1.165, 1.54) is 5.56 Å². The van der Waals surface area contributed by atoms with Crippen LogP contribution in [0.25, 0.3) is 21.6 Å². The van der Waals surface area contributed by atoms with Crippen molar-refractivity contribution in [3.8, 4) is 33.2 Å². The predicted molar refractivity (Wildman–Crippen MR) is 138 cm³/mol. The van der Waals surface area contributed by atoms with Crippen molar-refractivity contribution in [2.75, 3.05) is 20.3 Å². The second kappa shape index (κ2) is 10.4. The normalized spacial score (nSPS) is 14.1. The van der Waals surface area contributed by atoms with Crippen LogP contribution in [0.4, 0.5) is 0 Å². The molecule has 0 saturated heterocycles. The maximum absolute atomic E-state index is 13.2. The first-order valence-electron chi connectivity index (χ1n) is 12.0. The van der Waals surface area contributed by atoms with Crippen molar-refractivity contribution in [2.45, 2.75) is 59.2 Å². The molecule has 0 fully saturated rings. The monoisotopic (exact) mass is 495 g/mol. The number of aromatic nitrogens is 1. The van der Waals surface area contributed by atoms with E-state index in [0.29, 0.717) is 5.88 Å². The van der Waals surface area contributed by atoms with Crippen LogP contribution in [0.1, 0.15) is 56.2 Å². The Labute approximate surface area is 211 Å². The largest absolute Gasteiger partial charge is 0.493 e. The van der Waals surface area contributed by atoms with E-state index < -0.39 is 11.7 Å². The van der Waals surface area contributed by atoms with Crippen molar-refractivity contribution >= 4 is 17.3 Å². The Kier molecular flexibility index (Phi) is 7.47. The van der Waals surface area contributed by atoms with Gasteiger partial charge >= 0.3 is 5.97 Å². The fourth-order valence-electron chi connectivity index (χ4n) is 4.31. The van der Waals surface area contributed by atoms with Crippen LogP contribution in [-0.2, 0) is 20.7 Å². The molecule has 7 heteroatoms. The van der Waals surface area contributed by atoms with E-state index in [0.717, 1.165) is 57.2 Å².